The van der Waals surface area contributed by atoms with Gasteiger partial charge in [-0.15, -0.1) is 10.2 Å². The number of methoxy groups -OCH3 is 1. The number of thioether (sulfide) groups is 2. The van der Waals surface area contributed by atoms with Gasteiger partial charge >= 0.3 is 0 Å². The predicted octanol–water partition coefficient (Wildman–Crippen LogP) is 4.71. The van der Waals surface area contributed by atoms with E-state index in [0.717, 1.165) is 28.6 Å². The van der Waals surface area contributed by atoms with Crippen LogP contribution in [0.3, 0.4) is 0 Å². The Labute approximate surface area is 206 Å². The molecule has 174 valence electrons. The summed E-state index contributed by atoms with van der Waals surface area (Å²) in [6.45, 7) is 3.91. The highest BCUT2D eigenvalue weighted by Gasteiger charge is 2.17. The molecule has 0 unspecified atom stereocenters. The topological polar surface area (TPSA) is 94.8 Å². The second-order valence-corrected chi connectivity index (χ2v) is 9.24. The third kappa shape index (κ3) is 6.15. The van der Waals surface area contributed by atoms with E-state index in [9.17, 15) is 4.79 Å². The summed E-state index contributed by atoms with van der Waals surface area (Å²) in [7, 11) is 1.61. The summed E-state index contributed by atoms with van der Waals surface area (Å²) in [4.78, 5) is 21.5. The molecule has 8 nitrogen and oxygen atoms in total. The molecule has 0 aliphatic heterocycles. The van der Waals surface area contributed by atoms with Crippen molar-refractivity contribution in [2.45, 2.75) is 29.9 Å². The van der Waals surface area contributed by atoms with Crippen molar-refractivity contribution in [2.75, 3.05) is 18.2 Å². The van der Waals surface area contributed by atoms with E-state index in [1.807, 2.05) is 54.8 Å². The summed E-state index contributed by atoms with van der Waals surface area (Å²) in [6.07, 6.45) is 0. The first-order valence-corrected chi connectivity index (χ1v) is 12.5. The van der Waals surface area contributed by atoms with E-state index in [-0.39, 0.29) is 11.7 Å². The average molecular weight is 493 g/mol. The maximum atomic E-state index is 12.5. The Morgan fingerprint density at radius 2 is 1.68 bits per heavy atom. The highest BCUT2D eigenvalue weighted by Crippen LogP contribution is 2.26. The van der Waals surface area contributed by atoms with Crippen LogP contribution in [0.25, 0.3) is 5.69 Å². The van der Waals surface area contributed by atoms with E-state index in [0.29, 0.717) is 21.8 Å². The van der Waals surface area contributed by atoms with Gasteiger partial charge in [-0.2, -0.15) is 0 Å². The molecule has 4 aromatic rings. The highest BCUT2D eigenvalue weighted by atomic mass is 32.2. The minimum atomic E-state index is -0.127. The largest absolute Gasteiger partial charge is 0.497 e. The molecule has 2 aromatic heterocycles. The SMILES string of the molecule is COc1ccc(NC(=O)CSc2nnc(CSc3nc(C)cc(C)n3)n2-c2ccccc2)cc1. The normalized spacial score (nSPS) is 10.8. The lowest BCUT2D eigenvalue weighted by Crippen LogP contribution is -2.14. The third-order valence-electron chi connectivity index (χ3n) is 4.71. The van der Waals surface area contributed by atoms with Gasteiger partial charge in [0.25, 0.3) is 0 Å². The molecule has 4 rings (SSSR count). The monoisotopic (exact) mass is 492 g/mol. The quantitative estimate of drug-likeness (QED) is 0.265. The standard InChI is InChI=1S/C24H24N6O2S2/c1-16-13-17(2)26-23(25-16)33-14-21-28-29-24(30(21)19-7-5-4-6-8-19)34-15-22(31)27-18-9-11-20(32-3)12-10-18/h4-13H,14-15H2,1-3H3,(H,27,31). The fourth-order valence-corrected chi connectivity index (χ4v) is 4.85. The van der Waals surface area contributed by atoms with Crippen LogP contribution in [0, 0.1) is 13.8 Å². The minimum Gasteiger partial charge on any atom is -0.497 e. The van der Waals surface area contributed by atoms with Crippen LogP contribution in [-0.2, 0) is 10.5 Å². The summed E-state index contributed by atoms with van der Waals surface area (Å²) in [5.74, 6) is 2.11. The first-order valence-electron chi connectivity index (χ1n) is 10.5. The van der Waals surface area contributed by atoms with Crippen molar-refractivity contribution in [1.82, 2.24) is 24.7 Å². The Balaban J connectivity index is 1.48. The first-order chi connectivity index (χ1) is 16.5. The van der Waals surface area contributed by atoms with E-state index in [4.69, 9.17) is 4.74 Å². The van der Waals surface area contributed by atoms with Gasteiger partial charge in [0.2, 0.25) is 5.91 Å². The van der Waals surface area contributed by atoms with Crippen LogP contribution < -0.4 is 10.1 Å². The summed E-state index contributed by atoms with van der Waals surface area (Å²) < 4.78 is 7.13. The number of ether oxygens (including phenoxy) is 1. The van der Waals surface area contributed by atoms with Crippen molar-refractivity contribution in [2.24, 2.45) is 0 Å². The molecule has 10 heteroatoms. The van der Waals surface area contributed by atoms with Crippen LogP contribution in [0.1, 0.15) is 17.2 Å². The molecule has 0 aliphatic rings. The van der Waals surface area contributed by atoms with Crippen LogP contribution in [0.5, 0.6) is 5.75 Å². The second-order valence-electron chi connectivity index (χ2n) is 7.36. The van der Waals surface area contributed by atoms with Gasteiger partial charge in [-0.25, -0.2) is 9.97 Å². The molecule has 0 spiro atoms. The molecule has 0 saturated carbocycles. The second kappa shape index (κ2) is 11.2. The molecule has 0 aliphatic carbocycles. The van der Waals surface area contributed by atoms with Gasteiger partial charge < -0.3 is 10.1 Å². The Hall–Kier alpha value is -3.37. The maximum Gasteiger partial charge on any atom is 0.234 e. The molecular weight excluding hydrogens is 468 g/mol. The number of amides is 1. The van der Waals surface area contributed by atoms with E-state index in [1.165, 1.54) is 23.5 Å². The lowest BCUT2D eigenvalue weighted by molar-refractivity contribution is -0.113. The van der Waals surface area contributed by atoms with Gasteiger partial charge in [-0.05, 0) is 56.3 Å². The van der Waals surface area contributed by atoms with E-state index in [1.54, 1.807) is 31.4 Å². The average Bonchev–Trinajstić information content (AvgIpc) is 3.25. The Bertz CT molecular complexity index is 1240. The maximum absolute atomic E-state index is 12.5. The lowest BCUT2D eigenvalue weighted by atomic mass is 10.3. The van der Waals surface area contributed by atoms with Gasteiger partial charge in [-0.1, -0.05) is 41.7 Å². The molecule has 2 aromatic carbocycles. The zero-order valence-electron chi connectivity index (χ0n) is 19.1. The first kappa shape index (κ1) is 23.8. The molecule has 0 atom stereocenters. The van der Waals surface area contributed by atoms with Crippen molar-refractivity contribution in [3.8, 4) is 11.4 Å². The number of hydrogen-bond donors (Lipinski definition) is 1. The zero-order chi connectivity index (χ0) is 23.9. The molecule has 0 fully saturated rings. The summed E-state index contributed by atoms with van der Waals surface area (Å²) >= 11 is 2.85. The van der Waals surface area contributed by atoms with Crippen LogP contribution in [-0.4, -0.2) is 43.5 Å². The number of para-hydroxylation sites is 1. The van der Waals surface area contributed by atoms with Gasteiger partial charge in [0.15, 0.2) is 10.3 Å². The van der Waals surface area contributed by atoms with Crippen molar-refractivity contribution < 1.29 is 9.53 Å². The zero-order valence-corrected chi connectivity index (χ0v) is 20.7. The number of anilines is 1. The number of nitrogens with zero attached hydrogens (tertiary/aromatic N) is 5. The van der Waals surface area contributed by atoms with Gasteiger partial charge in [0.1, 0.15) is 11.6 Å². The third-order valence-corrected chi connectivity index (χ3v) is 6.49. The smallest absolute Gasteiger partial charge is 0.234 e. The fraction of sp³-hybridized carbons (Fsp3) is 0.208. The molecule has 0 saturated heterocycles. The number of nitrogens with one attached hydrogen (secondary N) is 1. The van der Waals surface area contributed by atoms with Gasteiger partial charge in [-0.3, -0.25) is 9.36 Å². The summed E-state index contributed by atoms with van der Waals surface area (Å²) in [6, 6.07) is 19.0. The molecule has 0 radical (unpaired) electrons. The van der Waals surface area contributed by atoms with Crippen LogP contribution in [0.2, 0.25) is 0 Å². The number of benzene rings is 2. The molecule has 34 heavy (non-hydrogen) atoms. The summed E-state index contributed by atoms with van der Waals surface area (Å²) in [5.41, 5.74) is 3.50. The number of hydrogen-bond acceptors (Lipinski definition) is 8. The Morgan fingerprint density at radius 3 is 2.35 bits per heavy atom. The van der Waals surface area contributed by atoms with Gasteiger partial charge in [0.05, 0.1) is 18.6 Å². The number of rotatable bonds is 9. The van der Waals surface area contributed by atoms with E-state index >= 15 is 0 Å². The van der Waals surface area contributed by atoms with Crippen molar-refractivity contribution in [3.63, 3.8) is 0 Å². The van der Waals surface area contributed by atoms with Crippen molar-refractivity contribution in [1.29, 1.82) is 0 Å². The number of aromatic nitrogens is 5. The predicted molar refractivity (Wildman–Crippen MR) is 135 cm³/mol. The molecule has 0 bridgehead atoms. The van der Waals surface area contributed by atoms with Crippen LogP contribution >= 0.6 is 23.5 Å². The molecule has 1 amide bonds. The highest BCUT2D eigenvalue weighted by molar-refractivity contribution is 7.99. The molecule has 1 N–H and O–H groups in total. The van der Waals surface area contributed by atoms with Gasteiger partial charge in [0, 0.05) is 22.8 Å². The van der Waals surface area contributed by atoms with Crippen molar-refractivity contribution in [3.05, 3.63) is 77.9 Å². The number of carbonyl (C=O) groups is 1. The fourth-order valence-electron chi connectivity index (χ4n) is 3.21. The van der Waals surface area contributed by atoms with Crippen molar-refractivity contribution >= 4 is 35.1 Å². The van der Waals surface area contributed by atoms with Crippen LogP contribution in [0.4, 0.5) is 5.69 Å². The number of carbonyl (C=O) groups excluding carboxylic acids is 1. The molecular formula is C24H24N6O2S2. The number of aryl methyl sites for hydroxylation is 2. The Kier molecular flexibility index (Phi) is 7.81. The van der Waals surface area contributed by atoms with E-state index in [2.05, 4.69) is 25.5 Å². The van der Waals surface area contributed by atoms with E-state index < -0.39 is 0 Å². The van der Waals surface area contributed by atoms with Crippen LogP contribution in [0.15, 0.2) is 71.0 Å². The molecule has 2 heterocycles. The summed E-state index contributed by atoms with van der Waals surface area (Å²) in [5, 5.41) is 13.0. The Morgan fingerprint density at radius 1 is 0.971 bits per heavy atom. The lowest BCUT2D eigenvalue weighted by Gasteiger charge is -2.10. The minimum absolute atomic E-state index is 0.127.